The van der Waals surface area contributed by atoms with E-state index in [-0.39, 0.29) is 17.7 Å². The fraction of sp³-hybridized carbons (Fsp3) is 0.294. The Labute approximate surface area is 164 Å². The minimum atomic E-state index is -0.205. The molecule has 0 atom stereocenters. The van der Waals surface area contributed by atoms with Crippen LogP contribution >= 0.6 is 34.7 Å². The van der Waals surface area contributed by atoms with E-state index < -0.39 is 0 Å². The van der Waals surface area contributed by atoms with Gasteiger partial charge in [-0.25, -0.2) is 0 Å². The van der Waals surface area contributed by atoms with Gasteiger partial charge in [-0.2, -0.15) is 4.99 Å². The molecule has 0 bridgehead atoms. The molecule has 0 spiro atoms. The predicted octanol–water partition coefficient (Wildman–Crippen LogP) is 3.64. The molecule has 26 heavy (non-hydrogen) atoms. The van der Waals surface area contributed by atoms with Crippen molar-refractivity contribution in [3.05, 3.63) is 57.6 Å². The largest absolute Gasteiger partial charge is 0.319 e. The van der Waals surface area contributed by atoms with Gasteiger partial charge >= 0.3 is 0 Å². The van der Waals surface area contributed by atoms with Crippen LogP contribution in [0.25, 0.3) is 0 Å². The number of aromatic nitrogens is 4. The van der Waals surface area contributed by atoms with Crippen LogP contribution < -0.4 is 4.80 Å². The third-order valence-corrected chi connectivity index (χ3v) is 5.71. The summed E-state index contributed by atoms with van der Waals surface area (Å²) in [6.45, 7) is 4.66. The average Bonchev–Trinajstić information content (AvgIpc) is 3.25. The Morgan fingerprint density at radius 3 is 2.96 bits per heavy atom. The molecular formula is C17H18ClN5OS2. The monoisotopic (exact) mass is 407 g/mol. The molecule has 2 aromatic heterocycles. The predicted molar refractivity (Wildman–Crippen MR) is 105 cm³/mol. The molecule has 9 heteroatoms. The lowest BCUT2D eigenvalue weighted by atomic mass is 10.2. The third kappa shape index (κ3) is 4.63. The summed E-state index contributed by atoms with van der Waals surface area (Å²) in [4.78, 5) is 17.2. The van der Waals surface area contributed by atoms with Crippen molar-refractivity contribution in [2.24, 2.45) is 4.99 Å². The van der Waals surface area contributed by atoms with Crippen molar-refractivity contribution >= 4 is 40.6 Å². The number of thiazole rings is 1. The fourth-order valence-electron chi connectivity index (χ4n) is 2.27. The maximum Gasteiger partial charge on any atom is 0.258 e. The standard InChI is InChI=1S/C17H18ClN5OS2/c1-12(2)23-11-19-21-17(23)26-10-15(24)20-16-22(7-8-25-16)9-13-5-3-4-6-14(13)18/h3-8,11-12H,9-10H2,1-2H3. The Balaban J connectivity index is 1.70. The van der Waals surface area contributed by atoms with Crippen molar-refractivity contribution in [1.82, 2.24) is 19.3 Å². The second kappa shape index (κ2) is 8.66. The zero-order valence-corrected chi connectivity index (χ0v) is 16.8. The van der Waals surface area contributed by atoms with Crippen LogP contribution in [0.2, 0.25) is 5.02 Å². The van der Waals surface area contributed by atoms with Crippen molar-refractivity contribution in [2.75, 3.05) is 5.75 Å². The summed E-state index contributed by atoms with van der Waals surface area (Å²) in [5, 5.41) is 11.3. The first-order valence-electron chi connectivity index (χ1n) is 8.02. The summed E-state index contributed by atoms with van der Waals surface area (Å²) >= 11 is 8.99. The lowest BCUT2D eigenvalue weighted by Gasteiger charge is -2.08. The Morgan fingerprint density at radius 2 is 2.19 bits per heavy atom. The molecule has 3 aromatic rings. The van der Waals surface area contributed by atoms with Crippen LogP contribution in [0.4, 0.5) is 0 Å². The van der Waals surface area contributed by atoms with Crippen molar-refractivity contribution in [3.8, 4) is 0 Å². The number of carbonyl (C=O) groups excluding carboxylic acids is 1. The smallest absolute Gasteiger partial charge is 0.258 e. The zero-order valence-electron chi connectivity index (χ0n) is 14.4. The molecule has 0 saturated heterocycles. The molecule has 0 aliphatic rings. The molecule has 0 aliphatic carbocycles. The van der Waals surface area contributed by atoms with Gasteiger partial charge in [-0.05, 0) is 25.5 Å². The summed E-state index contributed by atoms with van der Waals surface area (Å²) in [6, 6.07) is 7.90. The van der Waals surface area contributed by atoms with Gasteiger partial charge in [0, 0.05) is 22.6 Å². The maximum absolute atomic E-state index is 12.3. The van der Waals surface area contributed by atoms with E-state index in [4.69, 9.17) is 11.6 Å². The van der Waals surface area contributed by atoms with Crippen LogP contribution in [0, 0.1) is 0 Å². The highest BCUT2D eigenvalue weighted by Gasteiger charge is 2.11. The minimum Gasteiger partial charge on any atom is -0.319 e. The Bertz CT molecular complexity index is 960. The van der Waals surface area contributed by atoms with Gasteiger partial charge in [-0.3, -0.25) is 4.79 Å². The average molecular weight is 408 g/mol. The molecule has 2 heterocycles. The van der Waals surface area contributed by atoms with Crippen molar-refractivity contribution in [3.63, 3.8) is 0 Å². The summed E-state index contributed by atoms with van der Waals surface area (Å²) in [5.74, 6) is 0.0127. The number of amides is 1. The van der Waals surface area contributed by atoms with Gasteiger partial charge in [0.2, 0.25) is 0 Å². The van der Waals surface area contributed by atoms with E-state index in [2.05, 4.69) is 15.2 Å². The van der Waals surface area contributed by atoms with E-state index in [0.29, 0.717) is 16.4 Å². The van der Waals surface area contributed by atoms with Gasteiger partial charge in [0.25, 0.3) is 5.91 Å². The van der Waals surface area contributed by atoms with E-state index in [1.807, 2.05) is 58.8 Å². The lowest BCUT2D eigenvalue weighted by molar-refractivity contribution is -0.115. The highest BCUT2D eigenvalue weighted by molar-refractivity contribution is 7.99. The Morgan fingerprint density at radius 1 is 1.38 bits per heavy atom. The SMILES string of the molecule is CC(C)n1cnnc1SCC(=O)N=c1sccn1Cc1ccccc1Cl. The number of halogens is 1. The molecule has 6 nitrogen and oxygen atoms in total. The van der Waals surface area contributed by atoms with Gasteiger partial charge in [0.05, 0.1) is 12.3 Å². The van der Waals surface area contributed by atoms with E-state index in [1.54, 1.807) is 6.33 Å². The quantitative estimate of drug-likeness (QED) is 0.585. The van der Waals surface area contributed by atoms with E-state index in [9.17, 15) is 4.79 Å². The first-order chi connectivity index (χ1) is 12.5. The number of rotatable bonds is 6. The van der Waals surface area contributed by atoms with Crippen molar-refractivity contribution < 1.29 is 4.79 Å². The van der Waals surface area contributed by atoms with Gasteiger partial charge in [-0.15, -0.1) is 21.5 Å². The highest BCUT2D eigenvalue weighted by Crippen LogP contribution is 2.19. The highest BCUT2D eigenvalue weighted by atomic mass is 35.5. The van der Waals surface area contributed by atoms with E-state index in [1.165, 1.54) is 23.1 Å². The van der Waals surface area contributed by atoms with Crippen LogP contribution in [-0.4, -0.2) is 31.0 Å². The molecule has 0 fully saturated rings. The zero-order chi connectivity index (χ0) is 18.5. The van der Waals surface area contributed by atoms with E-state index in [0.717, 1.165) is 10.7 Å². The maximum atomic E-state index is 12.3. The normalized spacial score (nSPS) is 12.1. The molecule has 0 aliphatic heterocycles. The number of nitrogens with zero attached hydrogens (tertiary/aromatic N) is 5. The van der Waals surface area contributed by atoms with E-state index >= 15 is 0 Å². The van der Waals surface area contributed by atoms with Gasteiger partial charge in [-0.1, -0.05) is 41.6 Å². The number of hydrogen-bond acceptors (Lipinski definition) is 5. The topological polar surface area (TPSA) is 65.1 Å². The van der Waals surface area contributed by atoms with Crippen molar-refractivity contribution in [2.45, 2.75) is 31.6 Å². The molecule has 0 saturated carbocycles. The molecule has 136 valence electrons. The molecular weight excluding hydrogens is 390 g/mol. The second-order valence-electron chi connectivity index (χ2n) is 5.81. The van der Waals surface area contributed by atoms with Crippen LogP contribution in [-0.2, 0) is 11.3 Å². The summed E-state index contributed by atoms with van der Waals surface area (Å²) < 4.78 is 3.85. The first kappa shape index (κ1) is 18.9. The van der Waals surface area contributed by atoms with Crippen LogP contribution in [0.15, 0.2) is 52.3 Å². The molecule has 3 rings (SSSR count). The molecule has 0 N–H and O–H groups in total. The fourth-order valence-corrected chi connectivity index (χ4v) is 4.04. The molecule has 1 aromatic carbocycles. The molecule has 1 amide bonds. The number of carbonyl (C=O) groups is 1. The van der Waals surface area contributed by atoms with Crippen LogP contribution in [0.5, 0.6) is 0 Å². The molecule has 0 radical (unpaired) electrons. The van der Waals surface area contributed by atoms with Gasteiger partial charge in [0.15, 0.2) is 9.96 Å². The minimum absolute atomic E-state index is 0.205. The number of hydrogen-bond donors (Lipinski definition) is 0. The Hall–Kier alpha value is -1.90. The first-order valence-corrected chi connectivity index (χ1v) is 10.3. The summed E-state index contributed by atoms with van der Waals surface area (Å²) in [5.41, 5.74) is 0.987. The van der Waals surface area contributed by atoms with Crippen LogP contribution in [0.1, 0.15) is 25.5 Å². The lowest BCUT2D eigenvalue weighted by Crippen LogP contribution is -2.18. The summed E-state index contributed by atoms with van der Waals surface area (Å²) in [6.07, 6.45) is 3.58. The number of thioether (sulfide) groups is 1. The van der Waals surface area contributed by atoms with Crippen LogP contribution in [0.3, 0.4) is 0 Å². The number of benzene rings is 1. The van der Waals surface area contributed by atoms with Crippen molar-refractivity contribution in [1.29, 1.82) is 0 Å². The third-order valence-electron chi connectivity index (χ3n) is 3.60. The van der Waals surface area contributed by atoms with Gasteiger partial charge < -0.3 is 9.13 Å². The second-order valence-corrected chi connectivity index (χ2v) is 8.04. The molecule has 0 unspecified atom stereocenters. The summed E-state index contributed by atoms with van der Waals surface area (Å²) in [7, 11) is 0. The van der Waals surface area contributed by atoms with Gasteiger partial charge in [0.1, 0.15) is 6.33 Å². The Kier molecular flexibility index (Phi) is 6.29.